The standard InChI is InChI=1S/C14H15NO4/c16-12-6-5-10(14(18)19)8-11(12)15-13(17)7-9-3-1-2-4-9/h1,3,5-6,8-9,16H,2,4,7H2,(H,15,17)(H,18,19). The summed E-state index contributed by atoms with van der Waals surface area (Å²) in [5.41, 5.74) is 0.153. The molecule has 0 bridgehead atoms. The van der Waals surface area contributed by atoms with Crippen LogP contribution in [0.15, 0.2) is 30.4 Å². The minimum absolute atomic E-state index is 0.0221. The first-order valence-electron chi connectivity index (χ1n) is 6.09. The molecule has 100 valence electrons. The molecule has 2 rings (SSSR count). The van der Waals surface area contributed by atoms with Crippen molar-refractivity contribution < 1.29 is 19.8 Å². The number of phenolic OH excluding ortho intramolecular Hbond substituents is 1. The Morgan fingerprint density at radius 2 is 2.16 bits per heavy atom. The van der Waals surface area contributed by atoms with Crippen molar-refractivity contribution in [2.45, 2.75) is 19.3 Å². The summed E-state index contributed by atoms with van der Waals surface area (Å²) < 4.78 is 0. The van der Waals surface area contributed by atoms with Crippen molar-refractivity contribution in [1.29, 1.82) is 0 Å². The number of anilines is 1. The summed E-state index contributed by atoms with van der Waals surface area (Å²) in [4.78, 5) is 22.6. The number of aromatic carboxylic acids is 1. The van der Waals surface area contributed by atoms with Crippen LogP contribution in [0.4, 0.5) is 5.69 Å². The van der Waals surface area contributed by atoms with Gasteiger partial charge in [0.1, 0.15) is 5.75 Å². The van der Waals surface area contributed by atoms with Crippen LogP contribution in [0.1, 0.15) is 29.6 Å². The topological polar surface area (TPSA) is 86.6 Å². The number of carbonyl (C=O) groups excluding carboxylic acids is 1. The van der Waals surface area contributed by atoms with Gasteiger partial charge in [-0.25, -0.2) is 4.79 Å². The highest BCUT2D eigenvalue weighted by molar-refractivity contribution is 5.95. The first kappa shape index (κ1) is 13.1. The molecule has 0 spiro atoms. The van der Waals surface area contributed by atoms with Crippen molar-refractivity contribution in [3.8, 4) is 5.75 Å². The van der Waals surface area contributed by atoms with Crippen LogP contribution in [0.2, 0.25) is 0 Å². The van der Waals surface area contributed by atoms with E-state index in [2.05, 4.69) is 5.32 Å². The molecule has 1 aliphatic carbocycles. The first-order valence-corrected chi connectivity index (χ1v) is 6.09. The lowest BCUT2D eigenvalue weighted by molar-refractivity contribution is -0.116. The highest BCUT2D eigenvalue weighted by Gasteiger charge is 2.16. The molecule has 0 aromatic heterocycles. The van der Waals surface area contributed by atoms with E-state index in [0.29, 0.717) is 6.42 Å². The van der Waals surface area contributed by atoms with Gasteiger partial charge in [-0.05, 0) is 37.0 Å². The van der Waals surface area contributed by atoms with E-state index >= 15 is 0 Å². The van der Waals surface area contributed by atoms with Crippen molar-refractivity contribution in [2.75, 3.05) is 5.32 Å². The average Bonchev–Trinajstić information content (AvgIpc) is 2.84. The van der Waals surface area contributed by atoms with E-state index in [1.54, 1.807) is 0 Å². The van der Waals surface area contributed by atoms with E-state index in [-0.39, 0.29) is 28.8 Å². The second-order valence-corrected chi connectivity index (χ2v) is 4.55. The summed E-state index contributed by atoms with van der Waals surface area (Å²) in [7, 11) is 0. The van der Waals surface area contributed by atoms with E-state index in [0.717, 1.165) is 12.8 Å². The number of phenols is 1. The summed E-state index contributed by atoms with van der Waals surface area (Å²) in [6.07, 6.45) is 6.33. The predicted molar refractivity (Wildman–Crippen MR) is 70.2 cm³/mol. The predicted octanol–water partition coefficient (Wildman–Crippen LogP) is 2.39. The van der Waals surface area contributed by atoms with Crippen LogP contribution in [0, 0.1) is 5.92 Å². The van der Waals surface area contributed by atoms with Crippen LogP contribution in [-0.2, 0) is 4.79 Å². The van der Waals surface area contributed by atoms with E-state index in [9.17, 15) is 14.7 Å². The van der Waals surface area contributed by atoms with E-state index in [1.165, 1.54) is 18.2 Å². The van der Waals surface area contributed by atoms with Crippen molar-refractivity contribution in [2.24, 2.45) is 5.92 Å². The first-order chi connectivity index (χ1) is 9.06. The van der Waals surface area contributed by atoms with Gasteiger partial charge in [-0.1, -0.05) is 12.2 Å². The lowest BCUT2D eigenvalue weighted by atomic mass is 10.0. The smallest absolute Gasteiger partial charge is 0.335 e. The monoisotopic (exact) mass is 261 g/mol. The number of allylic oxidation sites excluding steroid dienone is 2. The summed E-state index contributed by atoms with van der Waals surface area (Å²) >= 11 is 0. The minimum atomic E-state index is -1.10. The molecule has 1 aromatic carbocycles. The molecule has 5 heteroatoms. The molecule has 0 aliphatic heterocycles. The molecule has 0 fully saturated rings. The number of carboxylic acid groups (broad SMARTS) is 1. The Morgan fingerprint density at radius 1 is 1.37 bits per heavy atom. The summed E-state index contributed by atoms with van der Waals surface area (Å²) in [5.74, 6) is -1.24. The zero-order valence-corrected chi connectivity index (χ0v) is 10.3. The number of hydrogen-bond acceptors (Lipinski definition) is 3. The average molecular weight is 261 g/mol. The Labute approximate surface area is 110 Å². The molecule has 0 radical (unpaired) electrons. The third-order valence-electron chi connectivity index (χ3n) is 3.08. The Morgan fingerprint density at radius 3 is 2.79 bits per heavy atom. The largest absolute Gasteiger partial charge is 0.506 e. The maximum absolute atomic E-state index is 11.8. The van der Waals surface area contributed by atoms with Gasteiger partial charge in [0.2, 0.25) is 5.91 Å². The second-order valence-electron chi connectivity index (χ2n) is 4.55. The highest BCUT2D eigenvalue weighted by atomic mass is 16.4. The molecule has 1 amide bonds. The lowest BCUT2D eigenvalue weighted by Gasteiger charge is -2.10. The van der Waals surface area contributed by atoms with Crippen molar-refractivity contribution in [1.82, 2.24) is 0 Å². The molecule has 1 unspecified atom stereocenters. The summed E-state index contributed by atoms with van der Waals surface area (Å²) in [6, 6.07) is 3.79. The fraction of sp³-hybridized carbons (Fsp3) is 0.286. The summed E-state index contributed by atoms with van der Waals surface area (Å²) in [5, 5.41) is 21.0. The van der Waals surface area contributed by atoms with Crippen molar-refractivity contribution >= 4 is 17.6 Å². The lowest BCUT2D eigenvalue weighted by Crippen LogP contribution is -2.15. The van der Waals surface area contributed by atoms with E-state index < -0.39 is 5.97 Å². The molecular weight excluding hydrogens is 246 g/mol. The maximum Gasteiger partial charge on any atom is 0.335 e. The Bertz CT molecular complexity index is 536. The Kier molecular flexibility index (Phi) is 3.85. The fourth-order valence-electron chi connectivity index (χ4n) is 2.07. The third kappa shape index (κ3) is 3.34. The second kappa shape index (κ2) is 5.56. The van der Waals surface area contributed by atoms with Gasteiger partial charge in [0.05, 0.1) is 11.3 Å². The molecule has 1 atom stereocenters. The number of hydrogen-bond donors (Lipinski definition) is 3. The molecule has 0 saturated carbocycles. The van der Waals surface area contributed by atoms with Crippen molar-refractivity contribution in [3.63, 3.8) is 0 Å². The van der Waals surface area contributed by atoms with Gasteiger partial charge in [-0.2, -0.15) is 0 Å². The van der Waals surface area contributed by atoms with Crippen LogP contribution in [0.5, 0.6) is 5.75 Å². The number of aromatic hydroxyl groups is 1. The Hall–Kier alpha value is -2.30. The number of rotatable bonds is 4. The molecule has 0 heterocycles. The molecule has 5 nitrogen and oxygen atoms in total. The zero-order chi connectivity index (χ0) is 13.8. The fourth-order valence-corrected chi connectivity index (χ4v) is 2.07. The summed E-state index contributed by atoms with van der Waals surface area (Å²) in [6.45, 7) is 0. The van der Waals surface area contributed by atoms with Gasteiger partial charge in [0, 0.05) is 6.42 Å². The van der Waals surface area contributed by atoms with Gasteiger partial charge in [-0.15, -0.1) is 0 Å². The van der Waals surface area contributed by atoms with Gasteiger partial charge >= 0.3 is 5.97 Å². The van der Waals surface area contributed by atoms with Gasteiger partial charge in [0.25, 0.3) is 0 Å². The number of benzene rings is 1. The van der Waals surface area contributed by atoms with Gasteiger partial charge in [-0.3, -0.25) is 4.79 Å². The molecule has 1 aliphatic rings. The number of carboxylic acids is 1. The van der Waals surface area contributed by atoms with Crippen LogP contribution in [-0.4, -0.2) is 22.1 Å². The molecular formula is C14H15NO4. The minimum Gasteiger partial charge on any atom is -0.506 e. The van der Waals surface area contributed by atoms with Crippen molar-refractivity contribution in [3.05, 3.63) is 35.9 Å². The quantitative estimate of drug-likeness (QED) is 0.573. The van der Waals surface area contributed by atoms with E-state index in [1.807, 2.05) is 12.2 Å². The van der Waals surface area contributed by atoms with Crippen LogP contribution >= 0.6 is 0 Å². The number of amides is 1. The maximum atomic E-state index is 11.8. The van der Waals surface area contributed by atoms with Crippen LogP contribution in [0.3, 0.4) is 0 Å². The molecule has 1 aromatic rings. The number of carbonyl (C=O) groups is 2. The zero-order valence-electron chi connectivity index (χ0n) is 10.3. The normalized spacial score (nSPS) is 17.4. The molecule has 19 heavy (non-hydrogen) atoms. The molecule has 0 saturated heterocycles. The number of nitrogens with one attached hydrogen (secondary N) is 1. The molecule has 3 N–H and O–H groups in total. The highest BCUT2D eigenvalue weighted by Crippen LogP contribution is 2.26. The SMILES string of the molecule is O=C(CC1C=CCC1)Nc1cc(C(=O)O)ccc1O. The van der Waals surface area contributed by atoms with Crippen LogP contribution < -0.4 is 5.32 Å². The third-order valence-corrected chi connectivity index (χ3v) is 3.08. The van der Waals surface area contributed by atoms with Gasteiger partial charge in [0.15, 0.2) is 0 Å². The van der Waals surface area contributed by atoms with E-state index in [4.69, 9.17) is 5.11 Å². The van der Waals surface area contributed by atoms with Gasteiger partial charge < -0.3 is 15.5 Å². The Balaban J connectivity index is 2.05. The van der Waals surface area contributed by atoms with Crippen LogP contribution in [0.25, 0.3) is 0 Å².